The van der Waals surface area contributed by atoms with Crippen LogP contribution >= 0.6 is 0 Å². The number of hydrogen-bond acceptors (Lipinski definition) is 3. The quantitative estimate of drug-likeness (QED) is 0.541. The Bertz CT molecular complexity index is 263. The molecule has 2 fully saturated rings. The number of hydrogen-bond donors (Lipinski definition) is 0. The van der Waals surface area contributed by atoms with E-state index in [1.165, 1.54) is 51.3 Å². The highest BCUT2D eigenvalue weighted by molar-refractivity contribution is 5.81. The van der Waals surface area contributed by atoms with Gasteiger partial charge < -0.3 is 4.74 Å². The summed E-state index contributed by atoms with van der Waals surface area (Å²) >= 11 is 0. The minimum Gasteiger partial charge on any atom is -0.462 e. The molecule has 2 unspecified atom stereocenters. The average Bonchev–Trinajstić information content (AvgIpc) is 2.35. The van der Waals surface area contributed by atoms with Crippen LogP contribution in [0.2, 0.25) is 0 Å². The van der Waals surface area contributed by atoms with Crippen molar-refractivity contribution in [2.45, 2.75) is 38.1 Å². The van der Waals surface area contributed by atoms with Crippen LogP contribution in [0.3, 0.4) is 0 Å². The predicted molar refractivity (Wildman–Crippen MR) is 63.1 cm³/mol. The molecule has 0 aromatic heterocycles. The fourth-order valence-corrected chi connectivity index (χ4v) is 3.02. The number of piperidine rings is 2. The Hall–Kier alpha value is -0.830. The van der Waals surface area contributed by atoms with Gasteiger partial charge in [-0.1, -0.05) is 13.0 Å². The summed E-state index contributed by atoms with van der Waals surface area (Å²) in [6, 6.07) is 0.653. The molecule has 2 aliphatic heterocycles. The van der Waals surface area contributed by atoms with Gasteiger partial charge >= 0.3 is 5.97 Å². The summed E-state index contributed by atoms with van der Waals surface area (Å²) in [6.07, 6.45) is 7.62. The van der Waals surface area contributed by atoms with Crippen molar-refractivity contribution in [3.8, 4) is 0 Å². The van der Waals surface area contributed by atoms with E-state index in [0.29, 0.717) is 18.6 Å². The summed E-state index contributed by atoms with van der Waals surface area (Å²) in [5, 5.41) is 0. The number of fused-ring (bicyclic) bond motifs is 1. The molecule has 0 N–H and O–H groups in total. The van der Waals surface area contributed by atoms with Gasteiger partial charge in [0.05, 0.1) is 6.61 Å². The van der Waals surface area contributed by atoms with E-state index < -0.39 is 0 Å². The zero-order valence-electron chi connectivity index (χ0n) is 9.86. The maximum atomic E-state index is 11.1. The molecular weight excluding hydrogens is 202 g/mol. The average molecular weight is 223 g/mol. The molecule has 90 valence electrons. The molecule has 0 bridgehead atoms. The second kappa shape index (κ2) is 5.48. The molecule has 0 amide bonds. The monoisotopic (exact) mass is 223 g/mol. The van der Waals surface area contributed by atoms with Crippen molar-refractivity contribution in [1.29, 1.82) is 0 Å². The van der Waals surface area contributed by atoms with E-state index in [2.05, 4.69) is 11.5 Å². The van der Waals surface area contributed by atoms with Crippen LogP contribution in [0.5, 0.6) is 0 Å². The minimum atomic E-state index is -0.284. The van der Waals surface area contributed by atoms with Crippen LogP contribution in [0.1, 0.15) is 32.1 Å². The lowest BCUT2D eigenvalue weighted by molar-refractivity contribution is -0.140. The number of nitrogens with zero attached hydrogens (tertiary/aromatic N) is 1. The number of carbonyl (C=O) groups excluding carboxylic acids is 1. The summed E-state index contributed by atoms with van der Waals surface area (Å²) in [4.78, 5) is 13.6. The molecule has 3 heteroatoms. The highest BCUT2D eigenvalue weighted by atomic mass is 16.5. The van der Waals surface area contributed by atoms with E-state index in [1.54, 1.807) is 0 Å². The molecule has 0 spiro atoms. The summed E-state index contributed by atoms with van der Waals surface area (Å²) in [7, 11) is 0. The van der Waals surface area contributed by atoms with E-state index in [-0.39, 0.29) is 5.97 Å². The molecule has 16 heavy (non-hydrogen) atoms. The Morgan fingerprint density at radius 1 is 1.31 bits per heavy atom. The van der Waals surface area contributed by atoms with Crippen LogP contribution in [0, 0.1) is 5.92 Å². The fraction of sp³-hybridized carbons (Fsp3) is 0.769. The first-order chi connectivity index (χ1) is 7.81. The Morgan fingerprint density at radius 2 is 2.12 bits per heavy atom. The van der Waals surface area contributed by atoms with E-state index in [0.717, 1.165) is 0 Å². The van der Waals surface area contributed by atoms with Gasteiger partial charge in [-0.25, -0.2) is 4.79 Å². The Labute approximate surface area is 97.5 Å². The SMILES string of the molecule is C=CC(=O)OCC1CCCN2CCCCC12. The number of rotatable bonds is 3. The molecule has 0 saturated carbocycles. The Balaban J connectivity index is 1.87. The van der Waals surface area contributed by atoms with Gasteiger partial charge in [-0.2, -0.15) is 0 Å². The van der Waals surface area contributed by atoms with Crippen molar-refractivity contribution in [2.75, 3.05) is 19.7 Å². The lowest BCUT2D eigenvalue weighted by Crippen LogP contribution is -2.49. The van der Waals surface area contributed by atoms with E-state index in [9.17, 15) is 4.79 Å². The first-order valence-corrected chi connectivity index (χ1v) is 6.34. The third-order valence-corrected chi connectivity index (χ3v) is 3.83. The van der Waals surface area contributed by atoms with Crippen molar-refractivity contribution < 1.29 is 9.53 Å². The van der Waals surface area contributed by atoms with Gasteiger partial charge in [-0.05, 0) is 38.8 Å². The van der Waals surface area contributed by atoms with Crippen LogP contribution in [0.15, 0.2) is 12.7 Å². The van der Waals surface area contributed by atoms with Crippen molar-refractivity contribution in [3.63, 3.8) is 0 Å². The highest BCUT2D eigenvalue weighted by Gasteiger charge is 2.33. The van der Waals surface area contributed by atoms with Crippen LogP contribution in [0.25, 0.3) is 0 Å². The maximum Gasteiger partial charge on any atom is 0.330 e. The van der Waals surface area contributed by atoms with Gasteiger partial charge in [0.2, 0.25) is 0 Å². The highest BCUT2D eigenvalue weighted by Crippen LogP contribution is 2.30. The summed E-state index contributed by atoms with van der Waals surface area (Å²) < 4.78 is 5.20. The standard InChI is InChI=1S/C13H21NO2/c1-2-13(15)16-10-11-6-5-9-14-8-4-3-7-12(11)14/h2,11-12H,1,3-10H2. The fourth-order valence-electron chi connectivity index (χ4n) is 3.02. The smallest absolute Gasteiger partial charge is 0.330 e. The van der Waals surface area contributed by atoms with Crippen molar-refractivity contribution in [3.05, 3.63) is 12.7 Å². The molecule has 2 aliphatic rings. The van der Waals surface area contributed by atoms with Crippen molar-refractivity contribution in [2.24, 2.45) is 5.92 Å². The topological polar surface area (TPSA) is 29.5 Å². The molecule has 3 nitrogen and oxygen atoms in total. The van der Waals surface area contributed by atoms with Gasteiger partial charge in [-0.3, -0.25) is 4.90 Å². The van der Waals surface area contributed by atoms with Gasteiger partial charge in [0.15, 0.2) is 0 Å². The van der Waals surface area contributed by atoms with Crippen LogP contribution in [-0.2, 0) is 9.53 Å². The molecule has 0 aliphatic carbocycles. The van der Waals surface area contributed by atoms with Crippen molar-refractivity contribution >= 4 is 5.97 Å². The third kappa shape index (κ3) is 2.64. The van der Waals surface area contributed by atoms with E-state index in [1.807, 2.05) is 0 Å². The summed E-state index contributed by atoms with van der Waals surface area (Å²) in [5.74, 6) is 0.255. The second-order valence-corrected chi connectivity index (χ2v) is 4.84. The number of ether oxygens (including phenoxy) is 1. The summed E-state index contributed by atoms with van der Waals surface area (Å²) in [6.45, 7) is 6.46. The molecular formula is C13H21NO2. The lowest BCUT2D eigenvalue weighted by Gasteiger charge is -2.44. The van der Waals surface area contributed by atoms with Gasteiger partial charge in [0.25, 0.3) is 0 Å². The zero-order valence-corrected chi connectivity index (χ0v) is 9.86. The number of carbonyl (C=O) groups is 1. The molecule has 0 radical (unpaired) electrons. The summed E-state index contributed by atoms with van der Waals surface area (Å²) in [5.41, 5.74) is 0. The van der Waals surface area contributed by atoms with Gasteiger partial charge in [0, 0.05) is 18.0 Å². The van der Waals surface area contributed by atoms with Crippen LogP contribution in [0.4, 0.5) is 0 Å². The van der Waals surface area contributed by atoms with Crippen molar-refractivity contribution in [1.82, 2.24) is 4.90 Å². The largest absolute Gasteiger partial charge is 0.462 e. The van der Waals surface area contributed by atoms with Gasteiger partial charge in [0.1, 0.15) is 0 Å². The third-order valence-electron chi connectivity index (χ3n) is 3.83. The first kappa shape index (κ1) is 11.6. The normalized spacial score (nSPS) is 30.5. The number of esters is 1. The zero-order chi connectivity index (χ0) is 11.4. The van der Waals surface area contributed by atoms with Crippen LogP contribution in [-0.4, -0.2) is 36.6 Å². The molecule has 0 aromatic rings. The lowest BCUT2D eigenvalue weighted by atomic mass is 9.84. The second-order valence-electron chi connectivity index (χ2n) is 4.84. The predicted octanol–water partition coefficient (Wildman–Crippen LogP) is 1.98. The molecule has 0 aromatic carbocycles. The molecule has 2 rings (SSSR count). The molecule has 2 atom stereocenters. The molecule has 2 saturated heterocycles. The Morgan fingerprint density at radius 3 is 2.94 bits per heavy atom. The van der Waals surface area contributed by atoms with E-state index >= 15 is 0 Å². The Kier molecular flexibility index (Phi) is 3.99. The first-order valence-electron chi connectivity index (χ1n) is 6.34. The van der Waals surface area contributed by atoms with E-state index in [4.69, 9.17) is 4.74 Å². The minimum absolute atomic E-state index is 0.284. The maximum absolute atomic E-state index is 11.1. The molecule has 2 heterocycles. The van der Waals surface area contributed by atoms with Gasteiger partial charge in [-0.15, -0.1) is 0 Å². The van der Waals surface area contributed by atoms with Crippen LogP contribution < -0.4 is 0 Å².